The normalized spacial score (nSPS) is 11.5. The minimum atomic E-state index is -0.223. The fraction of sp³-hybridized carbons (Fsp3) is 0.250. The van der Waals surface area contributed by atoms with E-state index in [-0.39, 0.29) is 5.91 Å². The number of oxime groups is 1. The van der Waals surface area contributed by atoms with Crippen LogP contribution in [0.1, 0.15) is 12.0 Å². The lowest BCUT2D eigenvalue weighted by Gasteiger charge is -2.01. The van der Waals surface area contributed by atoms with Crippen LogP contribution in [-0.2, 0) is 21.0 Å². The van der Waals surface area contributed by atoms with Crippen molar-refractivity contribution >= 4 is 12.1 Å². The molecule has 0 aliphatic rings. The molecule has 1 N–H and O–H groups in total. The minimum absolute atomic E-state index is 0.223. The third-order valence-electron chi connectivity index (χ3n) is 2.38. The molecule has 0 aliphatic carbocycles. The summed E-state index contributed by atoms with van der Waals surface area (Å²) in [5.41, 5.74) is 1.15. The van der Waals surface area contributed by atoms with Crippen LogP contribution < -0.4 is 5.32 Å². The van der Waals surface area contributed by atoms with Crippen LogP contribution in [0.25, 0.3) is 0 Å². The third kappa shape index (κ3) is 9.18. The van der Waals surface area contributed by atoms with Crippen LogP contribution in [0.3, 0.4) is 0 Å². The van der Waals surface area contributed by atoms with Crippen molar-refractivity contribution in [2.24, 2.45) is 5.16 Å². The fourth-order valence-corrected chi connectivity index (χ4v) is 1.41. The first kappa shape index (κ1) is 16.7. The molecule has 1 rings (SSSR count). The Labute approximate surface area is 124 Å². The topological polar surface area (TPSA) is 59.9 Å². The maximum Gasteiger partial charge on any atom is 0.247 e. The molecular weight excluding hydrogens is 268 g/mol. The first-order valence-electron chi connectivity index (χ1n) is 6.63. The van der Waals surface area contributed by atoms with Gasteiger partial charge >= 0.3 is 0 Å². The van der Waals surface area contributed by atoms with Crippen molar-refractivity contribution in [2.75, 3.05) is 13.7 Å². The zero-order valence-electron chi connectivity index (χ0n) is 12.1. The number of carbonyl (C=O) groups is 1. The van der Waals surface area contributed by atoms with Gasteiger partial charge in [-0.3, -0.25) is 4.79 Å². The van der Waals surface area contributed by atoms with E-state index in [9.17, 15) is 4.79 Å². The molecular formula is C16H20N2O3. The Morgan fingerprint density at radius 1 is 1.33 bits per heavy atom. The third-order valence-corrected chi connectivity index (χ3v) is 2.38. The summed E-state index contributed by atoms with van der Waals surface area (Å²) < 4.78 is 5.51. The van der Waals surface area contributed by atoms with Gasteiger partial charge in [-0.25, -0.2) is 0 Å². The first-order chi connectivity index (χ1) is 10.3. The molecule has 0 atom stereocenters. The van der Waals surface area contributed by atoms with Crippen LogP contribution >= 0.6 is 0 Å². The highest BCUT2D eigenvalue weighted by Gasteiger charge is 1.91. The predicted molar refractivity (Wildman–Crippen MR) is 82.6 cm³/mol. The Balaban J connectivity index is 2.06. The number of rotatable bonds is 9. The zero-order valence-corrected chi connectivity index (χ0v) is 12.1. The molecule has 0 spiro atoms. The summed E-state index contributed by atoms with van der Waals surface area (Å²) in [7, 11) is 1.44. The monoisotopic (exact) mass is 288 g/mol. The van der Waals surface area contributed by atoms with Gasteiger partial charge in [-0.1, -0.05) is 41.6 Å². The summed E-state index contributed by atoms with van der Waals surface area (Å²) in [6, 6.07) is 9.99. The molecule has 1 aromatic carbocycles. The van der Waals surface area contributed by atoms with Gasteiger partial charge in [0.2, 0.25) is 5.91 Å². The van der Waals surface area contributed by atoms with Crippen molar-refractivity contribution < 1.29 is 14.4 Å². The number of hydrogen-bond acceptors (Lipinski definition) is 4. The molecule has 0 heterocycles. The van der Waals surface area contributed by atoms with Crippen molar-refractivity contribution in [3.8, 4) is 0 Å². The lowest BCUT2D eigenvalue weighted by atomic mass is 10.2. The van der Waals surface area contributed by atoms with E-state index in [0.29, 0.717) is 13.2 Å². The van der Waals surface area contributed by atoms with Crippen LogP contribution in [0.4, 0.5) is 0 Å². The summed E-state index contributed by atoms with van der Waals surface area (Å²) in [6.07, 6.45) is 8.43. The molecule has 5 heteroatoms. The molecule has 21 heavy (non-hydrogen) atoms. The molecule has 0 saturated carbocycles. The van der Waals surface area contributed by atoms with E-state index in [4.69, 9.17) is 4.74 Å². The average molecular weight is 288 g/mol. The van der Waals surface area contributed by atoms with Gasteiger partial charge in [-0.2, -0.15) is 0 Å². The summed E-state index contributed by atoms with van der Waals surface area (Å²) in [4.78, 5) is 15.7. The van der Waals surface area contributed by atoms with Crippen molar-refractivity contribution in [2.45, 2.75) is 13.0 Å². The van der Waals surface area contributed by atoms with E-state index in [1.54, 1.807) is 6.20 Å². The van der Waals surface area contributed by atoms with Crippen molar-refractivity contribution in [1.82, 2.24) is 5.32 Å². The highest BCUT2D eigenvalue weighted by Crippen LogP contribution is 2.00. The number of benzene rings is 1. The smallest absolute Gasteiger partial charge is 0.247 e. The summed E-state index contributed by atoms with van der Waals surface area (Å²) in [5.74, 6) is -0.223. The van der Waals surface area contributed by atoms with Gasteiger partial charge in [0.05, 0.1) is 19.4 Å². The lowest BCUT2D eigenvalue weighted by Crippen LogP contribution is -2.13. The number of hydrogen-bond donors (Lipinski definition) is 1. The number of nitrogens with zero attached hydrogens (tertiary/aromatic N) is 1. The molecule has 1 aromatic rings. The number of nitrogens with one attached hydrogen (secondary N) is 1. The zero-order chi connectivity index (χ0) is 15.2. The standard InChI is InChI=1S/C16H20N2O3/c1-20-18-12-7-10-16(19)17-11-5-6-13-21-14-15-8-3-2-4-9-15/h2-5,7-12H,6,13-14H2,1H3,(H,17,19)/b10-7-,11-5-,18-12+. The summed E-state index contributed by atoms with van der Waals surface area (Å²) >= 11 is 0. The van der Waals surface area contributed by atoms with E-state index in [1.165, 1.54) is 25.5 Å². The van der Waals surface area contributed by atoms with E-state index in [1.807, 2.05) is 36.4 Å². The molecule has 112 valence electrons. The Kier molecular flexibility index (Phi) is 9.06. The van der Waals surface area contributed by atoms with Crippen molar-refractivity contribution in [3.05, 3.63) is 60.3 Å². The molecule has 0 bridgehead atoms. The maximum atomic E-state index is 11.3. The van der Waals surface area contributed by atoms with Gasteiger partial charge in [-0.15, -0.1) is 0 Å². The summed E-state index contributed by atoms with van der Waals surface area (Å²) in [5, 5.41) is 6.08. The Hall–Kier alpha value is -2.40. The minimum Gasteiger partial charge on any atom is -0.399 e. The quantitative estimate of drug-likeness (QED) is 0.328. The van der Waals surface area contributed by atoms with Crippen LogP contribution in [0.5, 0.6) is 0 Å². The van der Waals surface area contributed by atoms with Crippen LogP contribution in [-0.4, -0.2) is 25.8 Å². The van der Waals surface area contributed by atoms with Crippen molar-refractivity contribution in [1.29, 1.82) is 0 Å². The second-order valence-electron chi connectivity index (χ2n) is 4.03. The number of ether oxygens (including phenoxy) is 1. The van der Waals surface area contributed by atoms with Gasteiger partial charge in [0.15, 0.2) is 0 Å². The maximum absolute atomic E-state index is 11.3. The second-order valence-corrected chi connectivity index (χ2v) is 4.03. The number of amides is 1. The van der Waals surface area contributed by atoms with Crippen LogP contribution in [0, 0.1) is 0 Å². The Bertz CT molecular complexity index is 482. The molecule has 0 radical (unpaired) electrons. The van der Waals surface area contributed by atoms with Crippen molar-refractivity contribution in [3.63, 3.8) is 0 Å². The van der Waals surface area contributed by atoms with E-state index in [2.05, 4.69) is 15.3 Å². The van der Waals surface area contributed by atoms with Gasteiger partial charge < -0.3 is 14.9 Å². The first-order valence-corrected chi connectivity index (χ1v) is 6.63. The predicted octanol–water partition coefficient (Wildman–Crippen LogP) is 2.41. The van der Waals surface area contributed by atoms with Crippen LogP contribution in [0.2, 0.25) is 0 Å². The molecule has 0 aliphatic heterocycles. The molecule has 1 amide bonds. The molecule has 5 nitrogen and oxygen atoms in total. The van der Waals surface area contributed by atoms with Crippen LogP contribution in [0.15, 0.2) is 59.9 Å². The Morgan fingerprint density at radius 3 is 2.90 bits per heavy atom. The molecule has 0 aromatic heterocycles. The lowest BCUT2D eigenvalue weighted by molar-refractivity contribution is -0.115. The second kappa shape index (κ2) is 11.4. The van der Waals surface area contributed by atoms with Gasteiger partial charge in [0.1, 0.15) is 7.11 Å². The molecule has 0 unspecified atom stereocenters. The number of allylic oxidation sites excluding steroid dienone is 1. The van der Waals surface area contributed by atoms with Gasteiger partial charge in [0.25, 0.3) is 0 Å². The van der Waals surface area contributed by atoms with Gasteiger partial charge in [-0.05, 0) is 18.1 Å². The Morgan fingerprint density at radius 2 is 2.14 bits per heavy atom. The van der Waals surface area contributed by atoms with E-state index in [0.717, 1.165) is 12.0 Å². The van der Waals surface area contributed by atoms with Gasteiger partial charge in [0, 0.05) is 12.3 Å². The van der Waals surface area contributed by atoms with E-state index >= 15 is 0 Å². The average Bonchev–Trinajstić information content (AvgIpc) is 2.51. The highest BCUT2D eigenvalue weighted by atomic mass is 16.6. The van der Waals surface area contributed by atoms with E-state index < -0.39 is 0 Å². The molecule has 0 fully saturated rings. The largest absolute Gasteiger partial charge is 0.399 e. The molecule has 0 saturated heterocycles. The SMILES string of the molecule is CO/N=C/C=C\C(=O)N/C=C\CCOCc1ccccc1. The highest BCUT2D eigenvalue weighted by molar-refractivity contribution is 5.92. The fourth-order valence-electron chi connectivity index (χ4n) is 1.41. The summed E-state index contributed by atoms with van der Waals surface area (Å²) in [6.45, 7) is 1.21. The number of carbonyl (C=O) groups excluding carboxylic acids is 1.